The maximum Gasteiger partial charge on any atom is 0.238 e. The van der Waals surface area contributed by atoms with Crippen LogP contribution in [-0.4, -0.2) is 29.4 Å². The SMILES string of the molecule is CC(C)CN(C1CC1)C(C)C(C)C(=O)NN. The summed E-state index contributed by atoms with van der Waals surface area (Å²) in [6.07, 6.45) is 2.54. The Labute approximate surface area is 98.5 Å². The van der Waals surface area contributed by atoms with Crippen molar-refractivity contribution in [3.63, 3.8) is 0 Å². The molecule has 0 aromatic rings. The Balaban J connectivity index is 2.59. The summed E-state index contributed by atoms with van der Waals surface area (Å²) in [5.41, 5.74) is 2.25. The highest BCUT2D eigenvalue weighted by atomic mass is 16.2. The molecule has 1 fully saturated rings. The molecule has 3 N–H and O–H groups in total. The molecule has 0 aromatic heterocycles. The molecule has 0 bridgehead atoms. The van der Waals surface area contributed by atoms with E-state index in [9.17, 15) is 4.79 Å². The van der Waals surface area contributed by atoms with Crippen LogP contribution < -0.4 is 11.3 Å². The Bertz CT molecular complexity index is 238. The number of amides is 1. The Kier molecular flexibility index (Phi) is 4.74. The zero-order valence-electron chi connectivity index (χ0n) is 10.9. The van der Waals surface area contributed by atoms with Gasteiger partial charge in [0.15, 0.2) is 0 Å². The molecular weight excluding hydrogens is 202 g/mol. The van der Waals surface area contributed by atoms with Crippen molar-refractivity contribution in [1.29, 1.82) is 0 Å². The smallest absolute Gasteiger partial charge is 0.238 e. The first-order valence-electron chi connectivity index (χ1n) is 6.23. The van der Waals surface area contributed by atoms with Crippen molar-refractivity contribution >= 4 is 5.91 Å². The second-order valence-electron chi connectivity index (χ2n) is 5.36. The van der Waals surface area contributed by atoms with Gasteiger partial charge in [-0.15, -0.1) is 0 Å². The molecule has 1 amide bonds. The number of carbonyl (C=O) groups excluding carboxylic acids is 1. The Hall–Kier alpha value is -0.610. The Morgan fingerprint density at radius 1 is 1.38 bits per heavy atom. The van der Waals surface area contributed by atoms with E-state index < -0.39 is 0 Å². The number of nitrogens with one attached hydrogen (secondary N) is 1. The third-order valence-corrected chi connectivity index (χ3v) is 3.39. The molecule has 0 saturated heterocycles. The van der Waals surface area contributed by atoms with Gasteiger partial charge >= 0.3 is 0 Å². The first-order valence-corrected chi connectivity index (χ1v) is 6.23. The van der Waals surface area contributed by atoms with Gasteiger partial charge < -0.3 is 0 Å². The molecule has 1 saturated carbocycles. The van der Waals surface area contributed by atoms with E-state index in [1.54, 1.807) is 0 Å². The average Bonchev–Trinajstić information content (AvgIpc) is 3.06. The number of rotatable bonds is 6. The van der Waals surface area contributed by atoms with Crippen molar-refractivity contribution in [2.45, 2.75) is 52.6 Å². The fourth-order valence-corrected chi connectivity index (χ4v) is 2.11. The summed E-state index contributed by atoms with van der Waals surface area (Å²) in [6.45, 7) is 9.57. The minimum atomic E-state index is -0.0677. The third-order valence-electron chi connectivity index (χ3n) is 3.39. The van der Waals surface area contributed by atoms with Gasteiger partial charge in [-0.2, -0.15) is 0 Å². The summed E-state index contributed by atoms with van der Waals surface area (Å²) in [5.74, 6) is 5.70. The molecule has 94 valence electrons. The minimum absolute atomic E-state index is 0.0515. The van der Waals surface area contributed by atoms with Crippen molar-refractivity contribution < 1.29 is 4.79 Å². The largest absolute Gasteiger partial charge is 0.297 e. The molecule has 0 spiro atoms. The van der Waals surface area contributed by atoms with Gasteiger partial charge in [-0.25, -0.2) is 5.84 Å². The van der Waals surface area contributed by atoms with Gasteiger partial charge in [-0.1, -0.05) is 20.8 Å². The third kappa shape index (κ3) is 3.46. The maximum absolute atomic E-state index is 11.5. The highest BCUT2D eigenvalue weighted by molar-refractivity contribution is 5.78. The van der Waals surface area contributed by atoms with Gasteiger partial charge in [0.1, 0.15) is 0 Å². The topological polar surface area (TPSA) is 58.4 Å². The van der Waals surface area contributed by atoms with Crippen molar-refractivity contribution in [1.82, 2.24) is 10.3 Å². The molecule has 1 aliphatic rings. The Morgan fingerprint density at radius 3 is 2.31 bits per heavy atom. The van der Waals surface area contributed by atoms with Gasteiger partial charge in [0.2, 0.25) is 5.91 Å². The van der Waals surface area contributed by atoms with Crippen LogP contribution in [0.15, 0.2) is 0 Å². The number of hydrogen-bond acceptors (Lipinski definition) is 3. The number of hydrazine groups is 1. The second kappa shape index (κ2) is 5.64. The van der Waals surface area contributed by atoms with Gasteiger partial charge in [-0.05, 0) is 25.7 Å². The lowest BCUT2D eigenvalue weighted by Crippen LogP contribution is -2.47. The standard InChI is InChI=1S/C12H25N3O/c1-8(2)7-15(11-5-6-11)10(4)9(3)12(16)14-13/h8-11H,5-7,13H2,1-4H3,(H,14,16). The van der Waals surface area contributed by atoms with Crippen LogP contribution in [0.25, 0.3) is 0 Å². The molecule has 16 heavy (non-hydrogen) atoms. The zero-order chi connectivity index (χ0) is 12.3. The quantitative estimate of drug-likeness (QED) is 0.406. The van der Waals surface area contributed by atoms with Gasteiger partial charge in [0.25, 0.3) is 0 Å². The van der Waals surface area contributed by atoms with Crippen LogP contribution >= 0.6 is 0 Å². The lowest BCUT2D eigenvalue weighted by Gasteiger charge is -2.33. The van der Waals surface area contributed by atoms with E-state index in [2.05, 4.69) is 31.1 Å². The molecule has 2 atom stereocenters. The summed E-state index contributed by atoms with van der Waals surface area (Å²) in [6, 6.07) is 0.948. The van der Waals surface area contributed by atoms with Gasteiger partial charge in [-0.3, -0.25) is 15.1 Å². The zero-order valence-corrected chi connectivity index (χ0v) is 10.9. The van der Waals surface area contributed by atoms with E-state index in [4.69, 9.17) is 5.84 Å². The lowest BCUT2D eigenvalue weighted by atomic mass is 10.00. The summed E-state index contributed by atoms with van der Waals surface area (Å²) >= 11 is 0. The lowest BCUT2D eigenvalue weighted by molar-refractivity contribution is -0.126. The van der Waals surface area contributed by atoms with E-state index in [1.165, 1.54) is 12.8 Å². The van der Waals surface area contributed by atoms with Crippen LogP contribution in [-0.2, 0) is 4.79 Å². The van der Waals surface area contributed by atoms with E-state index in [0.29, 0.717) is 12.0 Å². The predicted molar refractivity (Wildman–Crippen MR) is 65.5 cm³/mol. The molecule has 1 rings (SSSR count). The van der Waals surface area contributed by atoms with Gasteiger partial charge in [0.05, 0.1) is 5.92 Å². The van der Waals surface area contributed by atoms with Crippen molar-refractivity contribution in [2.24, 2.45) is 17.7 Å². The van der Waals surface area contributed by atoms with Crippen LogP contribution in [0.3, 0.4) is 0 Å². The van der Waals surface area contributed by atoms with Crippen molar-refractivity contribution in [3.05, 3.63) is 0 Å². The van der Waals surface area contributed by atoms with Crippen LogP contribution in [0.5, 0.6) is 0 Å². The molecule has 2 unspecified atom stereocenters. The minimum Gasteiger partial charge on any atom is -0.297 e. The molecule has 0 heterocycles. The first kappa shape index (κ1) is 13.5. The summed E-state index contributed by atoms with van der Waals surface area (Å²) in [5, 5.41) is 0. The van der Waals surface area contributed by atoms with Crippen LogP contribution in [0.4, 0.5) is 0 Å². The average molecular weight is 227 g/mol. The van der Waals surface area contributed by atoms with Crippen LogP contribution in [0, 0.1) is 11.8 Å². The number of nitrogens with two attached hydrogens (primary N) is 1. The number of carbonyl (C=O) groups is 1. The summed E-state index contributed by atoms with van der Waals surface area (Å²) < 4.78 is 0. The molecule has 4 heteroatoms. The maximum atomic E-state index is 11.5. The Morgan fingerprint density at radius 2 is 1.94 bits per heavy atom. The van der Waals surface area contributed by atoms with Crippen LogP contribution in [0.1, 0.15) is 40.5 Å². The van der Waals surface area contributed by atoms with Gasteiger partial charge in [0, 0.05) is 18.6 Å². The number of nitrogens with zero attached hydrogens (tertiary/aromatic N) is 1. The molecule has 0 aliphatic heterocycles. The van der Waals surface area contributed by atoms with E-state index >= 15 is 0 Å². The highest BCUT2D eigenvalue weighted by Gasteiger charge is 2.35. The van der Waals surface area contributed by atoms with E-state index in [0.717, 1.165) is 6.54 Å². The summed E-state index contributed by atoms with van der Waals surface area (Å²) in [7, 11) is 0. The van der Waals surface area contributed by atoms with E-state index in [1.807, 2.05) is 6.92 Å². The molecular formula is C12H25N3O. The summed E-state index contributed by atoms with van der Waals surface area (Å²) in [4.78, 5) is 14.0. The molecule has 0 radical (unpaired) electrons. The van der Waals surface area contributed by atoms with Crippen LogP contribution in [0.2, 0.25) is 0 Å². The molecule has 0 aromatic carbocycles. The second-order valence-corrected chi connectivity index (χ2v) is 5.36. The van der Waals surface area contributed by atoms with Crippen molar-refractivity contribution in [2.75, 3.05) is 6.54 Å². The fourth-order valence-electron chi connectivity index (χ4n) is 2.11. The fraction of sp³-hybridized carbons (Fsp3) is 0.917. The monoisotopic (exact) mass is 227 g/mol. The molecule has 1 aliphatic carbocycles. The number of hydrogen-bond donors (Lipinski definition) is 2. The highest BCUT2D eigenvalue weighted by Crippen LogP contribution is 2.31. The predicted octanol–water partition coefficient (Wildman–Crippen LogP) is 1.12. The normalized spacial score (nSPS) is 19.9. The molecule has 4 nitrogen and oxygen atoms in total. The first-order chi connectivity index (χ1) is 7.47. The van der Waals surface area contributed by atoms with Crippen molar-refractivity contribution in [3.8, 4) is 0 Å². The van der Waals surface area contributed by atoms with E-state index in [-0.39, 0.29) is 17.9 Å².